The van der Waals surface area contributed by atoms with Crippen LogP contribution in [-0.2, 0) is 6.42 Å². The van der Waals surface area contributed by atoms with Crippen LogP contribution in [-0.4, -0.2) is 17.0 Å². The standard InChI is InChI=1S/C21H23NO/c1-14-10-17-13-21(3,4)22-19(18(17)11-15(14)2)12-20(23)16-8-6-5-7-9-16/h5-11H,12-13H2,1-4H3. The monoisotopic (exact) mass is 305 g/mol. The molecule has 3 rings (SSSR count). The number of Topliss-reactive ketones (excluding diaryl/α,β-unsaturated/α-hetero) is 1. The molecular weight excluding hydrogens is 282 g/mol. The van der Waals surface area contributed by atoms with Crippen LogP contribution in [0.15, 0.2) is 47.5 Å². The molecule has 0 fully saturated rings. The molecule has 0 aromatic heterocycles. The molecule has 0 atom stereocenters. The van der Waals surface area contributed by atoms with Gasteiger partial charge in [0.1, 0.15) is 0 Å². The van der Waals surface area contributed by atoms with Crippen LogP contribution in [0.1, 0.15) is 52.9 Å². The highest BCUT2D eigenvalue weighted by atomic mass is 16.1. The first-order valence-corrected chi connectivity index (χ1v) is 8.13. The molecule has 0 N–H and O–H groups in total. The molecule has 1 heterocycles. The van der Waals surface area contributed by atoms with Crippen LogP contribution in [0, 0.1) is 13.8 Å². The van der Waals surface area contributed by atoms with Crippen LogP contribution in [0.4, 0.5) is 0 Å². The van der Waals surface area contributed by atoms with Gasteiger partial charge in [-0.1, -0.05) is 36.4 Å². The van der Waals surface area contributed by atoms with Gasteiger partial charge in [-0.3, -0.25) is 9.79 Å². The number of nitrogens with zero attached hydrogens (tertiary/aromatic N) is 1. The fourth-order valence-corrected chi connectivity index (χ4v) is 3.23. The van der Waals surface area contributed by atoms with E-state index in [1.165, 1.54) is 16.7 Å². The molecule has 2 aromatic rings. The molecule has 2 nitrogen and oxygen atoms in total. The van der Waals surface area contributed by atoms with E-state index in [9.17, 15) is 4.79 Å². The third-order valence-electron chi connectivity index (χ3n) is 4.51. The van der Waals surface area contributed by atoms with Crippen molar-refractivity contribution in [2.75, 3.05) is 0 Å². The molecule has 0 bridgehead atoms. The zero-order valence-electron chi connectivity index (χ0n) is 14.3. The first-order chi connectivity index (χ1) is 10.9. The number of fused-ring (bicyclic) bond motifs is 1. The zero-order chi connectivity index (χ0) is 16.6. The van der Waals surface area contributed by atoms with Gasteiger partial charge >= 0.3 is 0 Å². The highest BCUT2D eigenvalue weighted by Gasteiger charge is 2.28. The number of carbonyl (C=O) groups excluding carboxylic acids is 1. The predicted molar refractivity (Wildman–Crippen MR) is 95.6 cm³/mol. The summed E-state index contributed by atoms with van der Waals surface area (Å²) >= 11 is 0. The Morgan fingerprint density at radius 1 is 1.09 bits per heavy atom. The van der Waals surface area contributed by atoms with E-state index in [1.807, 2.05) is 30.3 Å². The lowest BCUT2D eigenvalue weighted by Crippen LogP contribution is -2.30. The number of carbonyl (C=O) groups is 1. The second-order valence-corrected chi connectivity index (χ2v) is 7.11. The van der Waals surface area contributed by atoms with Crippen molar-refractivity contribution in [1.82, 2.24) is 0 Å². The van der Waals surface area contributed by atoms with Gasteiger partial charge < -0.3 is 0 Å². The molecule has 118 valence electrons. The van der Waals surface area contributed by atoms with Crippen LogP contribution in [0.2, 0.25) is 0 Å². The maximum atomic E-state index is 12.6. The summed E-state index contributed by atoms with van der Waals surface area (Å²) < 4.78 is 0. The van der Waals surface area contributed by atoms with E-state index in [0.29, 0.717) is 6.42 Å². The van der Waals surface area contributed by atoms with Crippen molar-refractivity contribution < 1.29 is 4.79 Å². The Morgan fingerprint density at radius 3 is 2.43 bits per heavy atom. The number of rotatable bonds is 3. The van der Waals surface area contributed by atoms with Gasteiger partial charge in [0.2, 0.25) is 0 Å². The maximum Gasteiger partial charge on any atom is 0.168 e. The average molecular weight is 305 g/mol. The lowest BCUT2D eigenvalue weighted by molar-refractivity contribution is 0.100. The Balaban J connectivity index is 1.99. The second-order valence-electron chi connectivity index (χ2n) is 7.11. The third-order valence-corrected chi connectivity index (χ3v) is 4.51. The van der Waals surface area contributed by atoms with Crippen LogP contribution >= 0.6 is 0 Å². The fourth-order valence-electron chi connectivity index (χ4n) is 3.23. The van der Waals surface area contributed by atoms with Crippen LogP contribution in [0.5, 0.6) is 0 Å². The SMILES string of the molecule is Cc1cc2c(cc1C)C(CC(=O)c1ccccc1)=NC(C)(C)C2. The van der Waals surface area contributed by atoms with Crippen LogP contribution in [0.3, 0.4) is 0 Å². The van der Waals surface area contributed by atoms with E-state index in [4.69, 9.17) is 4.99 Å². The molecule has 23 heavy (non-hydrogen) atoms. The highest BCUT2D eigenvalue weighted by Crippen LogP contribution is 2.30. The molecule has 0 unspecified atom stereocenters. The first-order valence-electron chi connectivity index (χ1n) is 8.13. The first kappa shape index (κ1) is 15.7. The van der Waals surface area contributed by atoms with Crippen molar-refractivity contribution >= 4 is 11.5 Å². The van der Waals surface area contributed by atoms with Gasteiger partial charge in [0.15, 0.2) is 5.78 Å². The predicted octanol–water partition coefficient (Wildman–Crippen LogP) is 4.70. The summed E-state index contributed by atoms with van der Waals surface area (Å²) in [5, 5.41) is 0. The lowest BCUT2D eigenvalue weighted by Gasteiger charge is -2.29. The van der Waals surface area contributed by atoms with Gasteiger partial charge in [0, 0.05) is 5.56 Å². The Kier molecular flexibility index (Phi) is 3.93. The lowest BCUT2D eigenvalue weighted by atomic mass is 9.83. The Bertz CT molecular complexity index is 785. The number of aliphatic imine (C=N–C) groups is 1. The minimum Gasteiger partial charge on any atom is -0.294 e. The summed E-state index contributed by atoms with van der Waals surface area (Å²) in [6.45, 7) is 8.53. The topological polar surface area (TPSA) is 29.4 Å². The number of benzene rings is 2. The van der Waals surface area contributed by atoms with Crippen molar-refractivity contribution in [3.8, 4) is 0 Å². The summed E-state index contributed by atoms with van der Waals surface area (Å²) in [5.41, 5.74) is 6.54. The van der Waals surface area contributed by atoms with Crippen LogP contribution in [0.25, 0.3) is 0 Å². The summed E-state index contributed by atoms with van der Waals surface area (Å²) in [6, 6.07) is 13.9. The molecule has 0 aliphatic carbocycles. The Morgan fingerprint density at radius 2 is 1.74 bits per heavy atom. The zero-order valence-corrected chi connectivity index (χ0v) is 14.3. The Hall–Kier alpha value is -2.22. The Labute approximate surface area is 138 Å². The normalized spacial score (nSPS) is 15.7. The van der Waals surface area contributed by atoms with Gasteiger partial charge in [-0.2, -0.15) is 0 Å². The quantitative estimate of drug-likeness (QED) is 0.756. The number of aryl methyl sites for hydroxylation is 2. The molecular formula is C21H23NO. The second kappa shape index (κ2) is 5.77. The van der Waals surface area contributed by atoms with Crippen LogP contribution < -0.4 is 0 Å². The minimum atomic E-state index is -0.152. The van der Waals surface area contributed by atoms with E-state index in [-0.39, 0.29) is 11.3 Å². The fraction of sp³-hybridized carbons (Fsp3) is 0.333. The number of hydrogen-bond donors (Lipinski definition) is 0. The molecule has 0 radical (unpaired) electrons. The van der Waals surface area contributed by atoms with Gasteiger partial charge in [0.25, 0.3) is 0 Å². The molecule has 1 aliphatic rings. The summed E-state index contributed by atoms with van der Waals surface area (Å²) in [5.74, 6) is 0.131. The molecule has 0 amide bonds. The third kappa shape index (κ3) is 3.26. The summed E-state index contributed by atoms with van der Waals surface area (Å²) in [7, 11) is 0. The maximum absolute atomic E-state index is 12.6. The van der Waals surface area contributed by atoms with Crippen molar-refractivity contribution in [3.63, 3.8) is 0 Å². The van der Waals surface area contributed by atoms with Gasteiger partial charge in [-0.15, -0.1) is 0 Å². The van der Waals surface area contributed by atoms with E-state index < -0.39 is 0 Å². The highest BCUT2D eigenvalue weighted by molar-refractivity contribution is 6.16. The van der Waals surface area contributed by atoms with Crippen molar-refractivity contribution in [2.24, 2.45) is 4.99 Å². The van der Waals surface area contributed by atoms with E-state index >= 15 is 0 Å². The smallest absolute Gasteiger partial charge is 0.168 e. The van der Waals surface area contributed by atoms with E-state index in [1.54, 1.807) is 0 Å². The largest absolute Gasteiger partial charge is 0.294 e. The summed E-state index contributed by atoms with van der Waals surface area (Å²) in [4.78, 5) is 17.5. The summed E-state index contributed by atoms with van der Waals surface area (Å²) in [6.07, 6.45) is 1.29. The van der Waals surface area contributed by atoms with E-state index in [0.717, 1.165) is 23.3 Å². The minimum absolute atomic E-state index is 0.131. The molecule has 1 aliphatic heterocycles. The average Bonchev–Trinajstić information content (AvgIpc) is 2.49. The molecule has 2 heteroatoms. The number of hydrogen-bond acceptors (Lipinski definition) is 2. The van der Waals surface area contributed by atoms with E-state index in [2.05, 4.69) is 39.8 Å². The molecule has 0 saturated heterocycles. The van der Waals surface area contributed by atoms with Crippen molar-refractivity contribution in [2.45, 2.75) is 46.1 Å². The van der Waals surface area contributed by atoms with Gasteiger partial charge in [-0.25, -0.2) is 0 Å². The molecule has 0 saturated carbocycles. The number of ketones is 1. The van der Waals surface area contributed by atoms with Gasteiger partial charge in [0.05, 0.1) is 17.7 Å². The van der Waals surface area contributed by atoms with Crippen molar-refractivity contribution in [1.29, 1.82) is 0 Å². The van der Waals surface area contributed by atoms with Crippen molar-refractivity contribution in [3.05, 3.63) is 70.3 Å². The molecule has 2 aromatic carbocycles. The van der Waals surface area contributed by atoms with Gasteiger partial charge in [-0.05, 0) is 62.4 Å². The molecule has 0 spiro atoms.